The van der Waals surface area contributed by atoms with E-state index >= 15 is 0 Å². The Bertz CT molecular complexity index is 442. The van der Waals surface area contributed by atoms with E-state index in [0.29, 0.717) is 0 Å². The normalized spacial score (nSPS) is 27.6. The van der Waals surface area contributed by atoms with Crippen molar-refractivity contribution in [3.05, 3.63) is 23.9 Å². The maximum Gasteiger partial charge on any atom is 0.127 e. The van der Waals surface area contributed by atoms with Gasteiger partial charge in [-0.2, -0.15) is 0 Å². The topological polar surface area (TPSA) is 22.6 Å². The molecule has 0 N–H and O–H groups in total. The number of fused-ring (bicyclic) bond motifs is 2. The quantitative estimate of drug-likeness (QED) is 0.838. The van der Waals surface area contributed by atoms with Crippen LogP contribution in [0.15, 0.2) is 18.3 Å². The molecule has 2 saturated heterocycles. The first-order valence-electron chi connectivity index (χ1n) is 7.70. The summed E-state index contributed by atoms with van der Waals surface area (Å²) in [6.07, 6.45) is 6.11. The molecule has 0 amide bonds. The van der Waals surface area contributed by atoms with Gasteiger partial charge >= 0.3 is 0 Å². The Morgan fingerprint density at radius 2 is 2.00 bits per heavy atom. The number of aromatic nitrogens is 1. The fourth-order valence-electron chi connectivity index (χ4n) is 3.56. The molecule has 2 fully saturated rings. The highest BCUT2D eigenvalue weighted by atomic mass is 15.3. The second-order valence-corrected chi connectivity index (χ2v) is 6.49. The Labute approximate surface area is 122 Å². The third-order valence-corrected chi connectivity index (χ3v) is 4.91. The molecule has 20 heavy (non-hydrogen) atoms. The molecule has 3 rings (SSSR count). The Kier molecular flexibility index (Phi) is 3.94. The predicted octanol–water partition coefficient (Wildman–Crippen LogP) is 1.82. The standard InChI is InChI=1S/C16H26N4/c1-18(2)16-7-4-13(10-17-16)11-20-9-8-14-5-6-15(12-20)19(14)3/h4,7,10,14-15H,5-6,8-9,11-12H2,1-3H3/t14-,15+/m0/s1. The van der Waals surface area contributed by atoms with Crippen molar-refractivity contribution in [2.24, 2.45) is 0 Å². The van der Waals surface area contributed by atoms with Gasteiger partial charge < -0.3 is 4.90 Å². The number of likely N-dealkylation sites (tertiary alicyclic amines) is 1. The van der Waals surface area contributed by atoms with Crippen molar-refractivity contribution in [2.75, 3.05) is 39.1 Å². The second kappa shape index (κ2) is 5.70. The Morgan fingerprint density at radius 3 is 2.70 bits per heavy atom. The Balaban J connectivity index is 1.63. The minimum Gasteiger partial charge on any atom is -0.363 e. The van der Waals surface area contributed by atoms with Crippen LogP contribution in [0.25, 0.3) is 0 Å². The molecule has 1 aromatic heterocycles. The van der Waals surface area contributed by atoms with Gasteiger partial charge in [-0.25, -0.2) is 4.98 Å². The van der Waals surface area contributed by atoms with Gasteiger partial charge in [0.2, 0.25) is 0 Å². The number of pyridine rings is 1. The average Bonchev–Trinajstić information content (AvgIpc) is 2.68. The molecule has 0 spiro atoms. The van der Waals surface area contributed by atoms with Crippen molar-refractivity contribution >= 4 is 5.82 Å². The zero-order valence-corrected chi connectivity index (χ0v) is 12.9. The summed E-state index contributed by atoms with van der Waals surface area (Å²) in [7, 11) is 6.37. The van der Waals surface area contributed by atoms with Gasteiger partial charge in [-0.1, -0.05) is 6.07 Å². The summed E-state index contributed by atoms with van der Waals surface area (Å²) >= 11 is 0. The van der Waals surface area contributed by atoms with Crippen LogP contribution < -0.4 is 4.90 Å². The largest absolute Gasteiger partial charge is 0.363 e. The first-order chi connectivity index (χ1) is 9.63. The smallest absolute Gasteiger partial charge is 0.127 e. The van der Waals surface area contributed by atoms with Crippen LogP contribution in [0.1, 0.15) is 24.8 Å². The summed E-state index contributed by atoms with van der Waals surface area (Å²) in [6.45, 7) is 3.47. The van der Waals surface area contributed by atoms with Crippen LogP contribution in [0.4, 0.5) is 5.82 Å². The summed E-state index contributed by atoms with van der Waals surface area (Å²) in [6, 6.07) is 5.91. The van der Waals surface area contributed by atoms with Gasteiger partial charge in [-0.15, -0.1) is 0 Å². The fraction of sp³-hybridized carbons (Fsp3) is 0.688. The maximum atomic E-state index is 4.52. The molecule has 1 aromatic rings. The summed E-state index contributed by atoms with van der Waals surface area (Å²) in [5, 5.41) is 0. The van der Waals surface area contributed by atoms with Crippen LogP contribution in [-0.2, 0) is 6.54 Å². The van der Waals surface area contributed by atoms with Gasteiger partial charge in [0, 0.05) is 52.0 Å². The zero-order valence-electron chi connectivity index (χ0n) is 12.9. The number of rotatable bonds is 3. The lowest BCUT2D eigenvalue weighted by Crippen LogP contribution is -2.36. The van der Waals surface area contributed by atoms with Crippen LogP contribution >= 0.6 is 0 Å². The van der Waals surface area contributed by atoms with E-state index in [9.17, 15) is 0 Å². The highest BCUT2D eigenvalue weighted by molar-refractivity contribution is 5.37. The Hall–Kier alpha value is -1.13. The van der Waals surface area contributed by atoms with E-state index in [-0.39, 0.29) is 0 Å². The summed E-state index contributed by atoms with van der Waals surface area (Å²) in [4.78, 5) is 11.8. The minimum atomic E-state index is 0.761. The van der Waals surface area contributed by atoms with Crippen LogP contribution in [0, 0.1) is 0 Å². The summed E-state index contributed by atoms with van der Waals surface area (Å²) in [5.41, 5.74) is 1.33. The number of nitrogens with zero attached hydrogens (tertiary/aromatic N) is 4. The molecule has 2 aliphatic rings. The molecule has 0 radical (unpaired) electrons. The van der Waals surface area contributed by atoms with E-state index in [1.165, 1.54) is 37.9 Å². The van der Waals surface area contributed by atoms with Gasteiger partial charge in [0.1, 0.15) is 5.82 Å². The number of likely N-dealkylation sites (N-methyl/N-ethyl adjacent to an activating group) is 1. The van der Waals surface area contributed by atoms with Crippen molar-refractivity contribution in [1.82, 2.24) is 14.8 Å². The van der Waals surface area contributed by atoms with Crippen molar-refractivity contribution < 1.29 is 0 Å². The number of hydrogen-bond donors (Lipinski definition) is 0. The average molecular weight is 274 g/mol. The van der Waals surface area contributed by atoms with E-state index in [2.05, 4.69) is 34.0 Å². The third-order valence-electron chi connectivity index (χ3n) is 4.91. The predicted molar refractivity (Wildman–Crippen MR) is 83.0 cm³/mol. The van der Waals surface area contributed by atoms with Crippen LogP contribution in [-0.4, -0.2) is 61.1 Å². The van der Waals surface area contributed by atoms with E-state index in [0.717, 1.165) is 24.4 Å². The lowest BCUT2D eigenvalue weighted by Gasteiger charge is -2.25. The van der Waals surface area contributed by atoms with Crippen LogP contribution in [0.2, 0.25) is 0 Å². The molecule has 3 heterocycles. The summed E-state index contributed by atoms with van der Waals surface area (Å²) in [5.74, 6) is 1.03. The fourth-order valence-corrected chi connectivity index (χ4v) is 3.56. The number of anilines is 1. The van der Waals surface area contributed by atoms with Crippen LogP contribution in [0.3, 0.4) is 0 Å². The third kappa shape index (κ3) is 2.81. The first-order valence-corrected chi connectivity index (χ1v) is 7.70. The molecule has 0 aliphatic carbocycles. The molecule has 0 aromatic carbocycles. The molecule has 2 aliphatic heterocycles. The molecule has 2 bridgehead atoms. The highest BCUT2D eigenvalue weighted by Gasteiger charge is 2.34. The van der Waals surface area contributed by atoms with Gasteiger partial charge in [0.15, 0.2) is 0 Å². The molecule has 0 unspecified atom stereocenters. The maximum absolute atomic E-state index is 4.52. The van der Waals surface area contributed by atoms with Crippen molar-refractivity contribution in [1.29, 1.82) is 0 Å². The van der Waals surface area contributed by atoms with Gasteiger partial charge in [0.05, 0.1) is 0 Å². The minimum absolute atomic E-state index is 0.761. The van der Waals surface area contributed by atoms with Crippen molar-refractivity contribution in [3.8, 4) is 0 Å². The lowest BCUT2D eigenvalue weighted by molar-refractivity contribution is 0.214. The van der Waals surface area contributed by atoms with E-state index < -0.39 is 0 Å². The second-order valence-electron chi connectivity index (χ2n) is 6.49. The first kappa shape index (κ1) is 13.8. The molecule has 0 saturated carbocycles. The summed E-state index contributed by atoms with van der Waals surface area (Å²) < 4.78 is 0. The van der Waals surface area contributed by atoms with Crippen molar-refractivity contribution in [2.45, 2.75) is 37.9 Å². The SMILES string of the molecule is CN(C)c1ccc(CN2CC[C@@H]3CC[C@H](C2)N3C)cn1. The monoisotopic (exact) mass is 274 g/mol. The van der Waals surface area contributed by atoms with E-state index in [4.69, 9.17) is 0 Å². The van der Waals surface area contributed by atoms with E-state index in [1.54, 1.807) is 0 Å². The lowest BCUT2D eigenvalue weighted by atomic mass is 10.1. The molecular formula is C16H26N4. The van der Waals surface area contributed by atoms with Crippen LogP contribution in [0.5, 0.6) is 0 Å². The Morgan fingerprint density at radius 1 is 1.20 bits per heavy atom. The molecule has 4 heteroatoms. The highest BCUT2D eigenvalue weighted by Crippen LogP contribution is 2.29. The van der Waals surface area contributed by atoms with Gasteiger partial charge in [0.25, 0.3) is 0 Å². The van der Waals surface area contributed by atoms with Gasteiger partial charge in [-0.05, 0) is 37.9 Å². The van der Waals surface area contributed by atoms with Crippen molar-refractivity contribution in [3.63, 3.8) is 0 Å². The molecule has 2 atom stereocenters. The van der Waals surface area contributed by atoms with E-state index in [1.807, 2.05) is 25.2 Å². The number of hydrogen-bond acceptors (Lipinski definition) is 4. The zero-order chi connectivity index (χ0) is 14.1. The molecular weight excluding hydrogens is 248 g/mol. The molecule has 4 nitrogen and oxygen atoms in total. The van der Waals surface area contributed by atoms with Gasteiger partial charge in [-0.3, -0.25) is 9.80 Å². The molecule has 110 valence electrons.